The van der Waals surface area contributed by atoms with E-state index in [1.165, 1.54) is 18.2 Å². The lowest BCUT2D eigenvalue weighted by Crippen LogP contribution is -2.20. The fraction of sp³-hybridized carbons (Fsp3) is 0.133. The number of anilines is 2. The third-order valence-electron chi connectivity index (χ3n) is 2.97. The Morgan fingerprint density at radius 3 is 1.46 bits per heavy atom. The predicted molar refractivity (Wildman–Crippen MR) is 92.8 cm³/mol. The Kier molecular flexibility index (Phi) is 5.94. The van der Waals surface area contributed by atoms with E-state index in [-0.39, 0.29) is 21.2 Å². The normalized spacial score (nSPS) is 12.0. The van der Waals surface area contributed by atoms with Crippen LogP contribution in [0, 0.1) is 0 Å². The minimum Gasteiger partial charge on any atom is -0.332 e. The number of hydrogen-bond acceptors (Lipinski definition) is 1. The first-order chi connectivity index (χ1) is 11.8. The summed E-state index contributed by atoms with van der Waals surface area (Å²) in [6, 6.07) is 5.36. The molecule has 0 aromatic heterocycles. The summed E-state index contributed by atoms with van der Waals surface area (Å²) in [5.74, 6) is 0. The van der Waals surface area contributed by atoms with Gasteiger partial charge >= 0.3 is 12.4 Å². The lowest BCUT2D eigenvalue weighted by Gasteiger charge is -2.16. The summed E-state index contributed by atoms with van der Waals surface area (Å²) in [7, 11) is 0. The fourth-order valence-corrected chi connectivity index (χ4v) is 2.71. The number of thiocarbonyl (C=S) groups is 1. The third kappa shape index (κ3) is 5.65. The zero-order valence-electron chi connectivity index (χ0n) is 12.4. The Bertz CT molecular complexity index is 783. The molecule has 0 heterocycles. The molecule has 0 radical (unpaired) electrons. The van der Waals surface area contributed by atoms with Crippen LogP contribution >= 0.6 is 35.4 Å². The Hall–Kier alpha value is -1.71. The molecule has 140 valence electrons. The van der Waals surface area contributed by atoms with Gasteiger partial charge < -0.3 is 10.6 Å². The van der Waals surface area contributed by atoms with Gasteiger partial charge in [0.15, 0.2) is 5.11 Å². The van der Waals surface area contributed by atoms with Gasteiger partial charge in [0, 0.05) is 21.4 Å². The first kappa shape index (κ1) is 20.6. The zero-order chi connectivity index (χ0) is 19.7. The highest BCUT2D eigenvalue weighted by molar-refractivity contribution is 7.80. The van der Waals surface area contributed by atoms with Crippen LogP contribution in [0.4, 0.5) is 37.7 Å². The highest BCUT2D eigenvalue weighted by atomic mass is 35.5. The maximum atomic E-state index is 12.8. The number of nitrogens with one attached hydrogen (secondary N) is 2. The van der Waals surface area contributed by atoms with Crippen LogP contribution in [0.5, 0.6) is 0 Å². The van der Waals surface area contributed by atoms with E-state index in [0.717, 1.165) is 0 Å². The number of rotatable bonds is 2. The van der Waals surface area contributed by atoms with Gasteiger partial charge in [0.1, 0.15) is 0 Å². The largest absolute Gasteiger partial charge is 0.416 e. The molecule has 11 heteroatoms. The van der Waals surface area contributed by atoms with Crippen molar-refractivity contribution in [3.8, 4) is 0 Å². The van der Waals surface area contributed by atoms with Gasteiger partial charge in [0.05, 0.1) is 11.1 Å². The lowest BCUT2D eigenvalue weighted by atomic mass is 10.1. The predicted octanol–water partition coefficient (Wildman–Crippen LogP) is 6.84. The smallest absolute Gasteiger partial charge is 0.332 e. The fourth-order valence-electron chi connectivity index (χ4n) is 1.95. The Balaban J connectivity index is 2.28. The molecule has 0 atom stereocenters. The minimum atomic E-state index is -4.95. The average Bonchev–Trinajstić information content (AvgIpc) is 2.43. The van der Waals surface area contributed by atoms with Crippen LogP contribution in [-0.4, -0.2) is 5.11 Å². The van der Waals surface area contributed by atoms with Gasteiger partial charge in [-0.15, -0.1) is 0 Å². The molecular weight excluding hydrogens is 425 g/mol. The Labute approximate surface area is 159 Å². The van der Waals surface area contributed by atoms with E-state index in [2.05, 4.69) is 10.6 Å². The van der Waals surface area contributed by atoms with E-state index >= 15 is 0 Å². The quantitative estimate of drug-likeness (QED) is 0.401. The summed E-state index contributed by atoms with van der Waals surface area (Å²) in [6.07, 6.45) is -9.90. The molecule has 0 aliphatic carbocycles. The molecule has 2 nitrogen and oxygen atoms in total. The number of alkyl halides is 6. The number of benzene rings is 2. The molecule has 2 rings (SSSR count). The molecule has 0 aliphatic heterocycles. The summed E-state index contributed by atoms with van der Waals surface area (Å²) in [6.45, 7) is 0. The van der Waals surface area contributed by atoms with Crippen molar-refractivity contribution in [3.05, 3.63) is 57.6 Å². The first-order valence-corrected chi connectivity index (χ1v) is 7.84. The second-order valence-corrected chi connectivity index (χ2v) is 6.31. The summed E-state index contributed by atoms with van der Waals surface area (Å²) in [4.78, 5) is 0. The monoisotopic (exact) mass is 432 g/mol. The molecule has 0 bridgehead atoms. The van der Waals surface area contributed by atoms with Crippen molar-refractivity contribution in [1.29, 1.82) is 0 Å². The summed E-state index contributed by atoms with van der Waals surface area (Å²) in [5, 5.41) is 5.16. The van der Waals surface area contributed by atoms with E-state index in [0.29, 0.717) is 17.8 Å². The van der Waals surface area contributed by atoms with Gasteiger partial charge in [-0.05, 0) is 48.6 Å². The Morgan fingerprint density at radius 2 is 1.08 bits per heavy atom. The summed E-state index contributed by atoms with van der Waals surface area (Å²) in [5.41, 5.74) is -3.08. The Morgan fingerprint density at radius 1 is 0.692 bits per heavy atom. The molecule has 26 heavy (non-hydrogen) atoms. The molecule has 2 aromatic carbocycles. The van der Waals surface area contributed by atoms with Crippen LogP contribution in [0.1, 0.15) is 11.1 Å². The third-order valence-corrected chi connectivity index (χ3v) is 3.61. The van der Waals surface area contributed by atoms with E-state index < -0.39 is 29.2 Å². The highest BCUT2D eigenvalue weighted by Gasteiger charge is 2.37. The SMILES string of the molecule is FC(F)(F)c1cc(NC(=S)Nc2cc(Cl)cc(Cl)c2)cc(C(F)(F)F)c1. The lowest BCUT2D eigenvalue weighted by molar-refractivity contribution is -0.143. The van der Waals surface area contributed by atoms with Gasteiger partial charge in [0.25, 0.3) is 0 Å². The van der Waals surface area contributed by atoms with Crippen LogP contribution in [0.2, 0.25) is 10.0 Å². The van der Waals surface area contributed by atoms with Crippen LogP contribution < -0.4 is 10.6 Å². The van der Waals surface area contributed by atoms with Crippen LogP contribution in [0.25, 0.3) is 0 Å². The van der Waals surface area contributed by atoms with Gasteiger partial charge in [0.2, 0.25) is 0 Å². The van der Waals surface area contributed by atoms with Gasteiger partial charge in [-0.3, -0.25) is 0 Å². The molecule has 0 spiro atoms. The van der Waals surface area contributed by atoms with Crippen LogP contribution in [0.3, 0.4) is 0 Å². The van der Waals surface area contributed by atoms with Crippen molar-refractivity contribution in [3.63, 3.8) is 0 Å². The van der Waals surface area contributed by atoms with Gasteiger partial charge in [-0.2, -0.15) is 26.3 Å². The van der Waals surface area contributed by atoms with E-state index in [1.807, 2.05) is 0 Å². The minimum absolute atomic E-state index is 0.0262. The highest BCUT2D eigenvalue weighted by Crippen LogP contribution is 2.37. The number of halogens is 8. The molecule has 2 N–H and O–H groups in total. The maximum absolute atomic E-state index is 12.8. The van der Waals surface area contributed by atoms with E-state index in [4.69, 9.17) is 35.4 Å². The summed E-state index contributed by atoms with van der Waals surface area (Å²) < 4.78 is 77.0. The van der Waals surface area contributed by atoms with Crippen molar-refractivity contribution >= 4 is 51.9 Å². The topological polar surface area (TPSA) is 24.1 Å². The van der Waals surface area contributed by atoms with E-state index in [9.17, 15) is 26.3 Å². The number of hydrogen-bond donors (Lipinski definition) is 2. The molecule has 0 saturated carbocycles. The molecule has 0 amide bonds. The molecular formula is C15H8Cl2F6N2S. The standard InChI is InChI=1S/C15H8Cl2F6N2S/c16-9-4-10(17)6-12(5-9)25-13(26)24-11-2-7(14(18,19)20)1-8(3-11)15(21,22)23/h1-6H,(H2,24,25,26). The van der Waals surface area contributed by atoms with Crippen molar-refractivity contribution < 1.29 is 26.3 Å². The second-order valence-electron chi connectivity index (χ2n) is 5.03. The van der Waals surface area contributed by atoms with E-state index in [1.54, 1.807) is 0 Å². The molecule has 0 unspecified atom stereocenters. The summed E-state index contributed by atoms with van der Waals surface area (Å²) >= 11 is 16.5. The molecule has 0 aliphatic rings. The second kappa shape index (κ2) is 7.50. The van der Waals surface area contributed by atoms with Crippen molar-refractivity contribution in [2.24, 2.45) is 0 Å². The van der Waals surface area contributed by atoms with Crippen molar-refractivity contribution in [1.82, 2.24) is 0 Å². The maximum Gasteiger partial charge on any atom is 0.416 e. The van der Waals surface area contributed by atoms with Gasteiger partial charge in [-0.25, -0.2) is 0 Å². The van der Waals surface area contributed by atoms with Gasteiger partial charge in [-0.1, -0.05) is 23.2 Å². The molecule has 0 saturated heterocycles. The zero-order valence-corrected chi connectivity index (χ0v) is 14.7. The van der Waals surface area contributed by atoms with Crippen LogP contribution in [-0.2, 0) is 12.4 Å². The van der Waals surface area contributed by atoms with Crippen LogP contribution in [0.15, 0.2) is 36.4 Å². The average molecular weight is 433 g/mol. The van der Waals surface area contributed by atoms with Crippen molar-refractivity contribution in [2.45, 2.75) is 12.4 Å². The first-order valence-electron chi connectivity index (χ1n) is 6.68. The molecule has 0 fully saturated rings. The van der Waals surface area contributed by atoms with Crippen molar-refractivity contribution in [2.75, 3.05) is 10.6 Å². The molecule has 2 aromatic rings.